The fourth-order valence-corrected chi connectivity index (χ4v) is 4.20. The van der Waals surface area contributed by atoms with Crippen molar-refractivity contribution < 1.29 is 14.4 Å². The van der Waals surface area contributed by atoms with Crippen LogP contribution in [0.5, 0.6) is 5.75 Å². The van der Waals surface area contributed by atoms with E-state index in [-0.39, 0.29) is 5.91 Å². The third-order valence-corrected chi connectivity index (χ3v) is 5.54. The Morgan fingerprint density at radius 2 is 1.96 bits per heavy atom. The van der Waals surface area contributed by atoms with Crippen LogP contribution in [0, 0.1) is 5.92 Å². The first kappa shape index (κ1) is 16.3. The number of nitrogens with zero attached hydrogens (tertiary/aromatic N) is 1. The maximum Gasteiger partial charge on any atom is 0.258 e. The molecule has 23 heavy (non-hydrogen) atoms. The fraction of sp³-hybridized carbons (Fsp3) is 0.632. The molecule has 2 unspecified atom stereocenters. The highest BCUT2D eigenvalue weighted by Gasteiger charge is 2.32. The molecule has 4 nitrogen and oxygen atoms in total. The van der Waals surface area contributed by atoms with E-state index in [4.69, 9.17) is 4.74 Å². The lowest BCUT2D eigenvalue weighted by Crippen LogP contribution is -3.18. The molecule has 2 aliphatic rings. The number of ether oxygens (including phenoxy) is 1. The second-order valence-corrected chi connectivity index (χ2v) is 7.12. The van der Waals surface area contributed by atoms with Gasteiger partial charge in [0.15, 0.2) is 0 Å². The van der Waals surface area contributed by atoms with Gasteiger partial charge in [-0.25, -0.2) is 0 Å². The van der Waals surface area contributed by atoms with Crippen LogP contribution in [0.15, 0.2) is 24.3 Å². The van der Waals surface area contributed by atoms with Crippen LogP contribution in [0.25, 0.3) is 0 Å². The molecule has 0 aromatic heterocycles. The molecule has 1 aromatic rings. The summed E-state index contributed by atoms with van der Waals surface area (Å²) in [6, 6.07) is 8.34. The van der Waals surface area contributed by atoms with Gasteiger partial charge in [-0.1, -0.05) is 25.5 Å². The normalized spacial score (nSPS) is 26.1. The van der Waals surface area contributed by atoms with Crippen molar-refractivity contribution in [3.8, 4) is 5.75 Å². The van der Waals surface area contributed by atoms with Crippen molar-refractivity contribution in [1.29, 1.82) is 0 Å². The lowest BCUT2D eigenvalue weighted by atomic mass is 9.86. The third-order valence-electron chi connectivity index (χ3n) is 5.54. The third kappa shape index (κ3) is 3.69. The first-order valence-corrected chi connectivity index (χ1v) is 8.96. The zero-order valence-electron chi connectivity index (χ0n) is 14.4. The van der Waals surface area contributed by atoms with Crippen LogP contribution in [0.3, 0.4) is 0 Å². The standard InChI is InChI=1S/C19H28N2O2/c1-15-6-5-7-16(14-15)20-10-12-21(13-11-20)19(22)17-8-3-4-9-18(17)23-2/h3-4,8-9,15-16H,5-7,10-14H2,1-2H3/p+1. The van der Waals surface area contributed by atoms with Gasteiger partial charge in [-0.2, -0.15) is 0 Å². The van der Waals surface area contributed by atoms with E-state index in [0.29, 0.717) is 11.3 Å². The molecule has 0 radical (unpaired) electrons. The number of methoxy groups -OCH3 is 1. The lowest BCUT2D eigenvalue weighted by Gasteiger charge is -2.39. The Kier molecular flexibility index (Phi) is 5.21. The number of hydrogen-bond acceptors (Lipinski definition) is 2. The molecule has 1 aliphatic heterocycles. The molecule has 1 saturated heterocycles. The molecule has 4 heteroatoms. The zero-order valence-corrected chi connectivity index (χ0v) is 14.4. The van der Waals surface area contributed by atoms with Gasteiger partial charge in [-0.3, -0.25) is 4.79 Å². The summed E-state index contributed by atoms with van der Waals surface area (Å²) in [5, 5.41) is 0. The summed E-state index contributed by atoms with van der Waals surface area (Å²) in [6.45, 7) is 6.26. The monoisotopic (exact) mass is 317 g/mol. The van der Waals surface area contributed by atoms with Gasteiger partial charge in [0.25, 0.3) is 5.91 Å². The number of amides is 1. The van der Waals surface area contributed by atoms with Gasteiger partial charge < -0.3 is 14.5 Å². The van der Waals surface area contributed by atoms with Gasteiger partial charge in [-0.15, -0.1) is 0 Å². The molecule has 0 bridgehead atoms. The molecule has 1 aromatic carbocycles. The summed E-state index contributed by atoms with van der Waals surface area (Å²) in [5.74, 6) is 1.65. The first-order valence-electron chi connectivity index (χ1n) is 8.96. The number of para-hydroxylation sites is 1. The quantitative estimate of drug-likeness (QED) is 0.919. The zero-order chi connectivity index (χ0) is 16.2. The van der Waals surface area contributed by atoms with Crippen molar-refractivity contribution in [2.24, 2.45) is 5.92 Å². The number of piperazine rings is 1. The van der Waals surface area contributed by atoms with Crippen molar-refractivity contribution in [1.82, 2.24) is 4.90 Å². The van der Waals surface area contributed by atoms with E-state index in [1.807, 2.05) is 29.2 Å². The molecule has 2 atom stereocenters. The van der Waals surface area contributed by atoms with Gasteiger partial charge in [0.2, 0.25) is 0 Å². The number of nitrogens with one attached hydrogen (secondary N) is 1. The van der Waals surface area contributed by atoms with Crippen molar-refractivity contribution in [2.45, 2.75) is 38.6 Å². The average molecular weight is 317 g/mol. The molecule has 1 N–H and O–H groups in total. The summed E-state index contributed by atoms with van der Waals surface area (Å²) in [7, 11) is 1.62. The van der Waals surface area contributed by atoms with E-state index in [9.17, 15) is 4.79 Å². The minimum atomic E-state index is 0.110. The smallest absolute Gasteiger partial charge is 0.258 e. The Labute approximate surface area is 139 Å². The largest absolute Gasteiger partial charge is 0.496 e. The molecule has 3 rings (SSSR count). The summed E-state index contributed by atoms with van der Waals surface area (Å²) >= 11 is 0. The number of hydrogen-bond donors (Lipinski definition) is 1. The Hall–Kier alpha value is -1.55. The van der Waals surface area contributed by atoms with E-state index >= 15 is 0 Å². The second kappa shape index (κ2) is 7.35. The highest BCUT2D eigenvalue weighted by atomic mass is 16.5. The number of benzene rings is 1. The van der Waals surface area contributed by atoms with Gasteiger partial charge in [0.05, 0.1) is 44.9 Å². The van der Waals surface area contributed by atoms with Crippen molar-refractivity contribution in [2.75, 3.05) is 33.3 Å². The highest BCUT2D eigenvalue weighted by molar-refractivity contribution is 5.97. The van der Waals surface area contributed by atoms with Gasteiger partial charge >= 0.3 is 0 Å². The minimum absolute atomic E-state index is 0.110. The maximum atomic E-state index is 12.8. The predicted octanol–water partition coefficient (Wildman–Crippen LogP) is 1.61. The van der Waals surface area contributed by atoms with E-state index in [1.165, 1.54) is 25.7 Å². The predicted molar refractivity (Wildman–Crippen MR) is 91.0 cm³/mol. The minimum Gasteiger partial charge on any atom is -0.496 e. The Morgan fingerprint density at radius 3 is 2.65 bits per heavy atom. The number of rotatable bonds is 3. The molecular weight excluding hydrogens is 288 g/mol. The molecule has 126 valence electrons. The number of carbonyl (C=O) groups is 1. The molecule has 1 aliphatic carbocycles. The van der Waals surface area contributed by atoms with Crippen LogP contribution < -0.4 is 9.64 Å². The van der Waals surface area contributed by atoms with Crippen LogP contribution >= 0.6 is 0 Å². The van der Waals surface area contributed by atoms with E-state index in [1.54, 1.807) is 12.0 Å². The molecule has 0 spiro atoms. The Morgan fingerprint density at radius 1 is 1.22 bits per heavy atom. The Balaban J connectivity index is 1.59. The average Bonchev–Trinajstić information content (AvgIpc) is 2.61. The van der Waals surface area contributed by atoms with Crippen LogP contribution in [0.4, 0.5) is 0 Å². The topological polar surface area (TPSA) is 34.0 Å². The van der Waals surface area contributed by atoms with E-state index < -0.39 is 0 Å². The highest BCUT2D eigenvalue weighted by Crippen LogP contribution is 2.22. The number of quaternary nitrogens is 1. The lowest BCUT2D eigenvalue weighted by molar-refractivity contribution is -0.930. The molecule has 1 amide bonds. The molecule has 2 fully saturated rings. The summed E-state index contributed by atoms with van der Waals surface area (Å²) in [5.41, 5.74) is 0.685. The van der Waals surface area contributed by atoms with Crippen LogP contribution in [-0.2, 0) is 0 Å². The molecule has 1 heterocycles. The van der Waals surface area contributed by atoms with Crippen molar-refractivity contribution in [3.05, 3.63) is 29.8 Å². The number of carbonyl (C=O) groups excluding carboxylic acids is 1. The summed E-state index contributed by atoms with van der Waals surface area (Å²) in [4.78, 5) is 16.5. The van der Waals surface area contributed by atoms with Gasteiger partial charge in [0.1, 0.15) is 5.75 Å². The first-order chi connectivity index (χ1) is 11.2. The van der Waals surface area contributed by atoms with Crippen LogP contribution in [0.2, 0.25) is 0 Å². The SMILES string of the molecule is COc1ccccc1C(=O)N1CC[NH+](C2CCCC(C)C2)CC1. The molecular formula is C19H29N2O2+. The van der Waals surface area contributed by atoms with Crippen LogP contribution in [0.1, 0.15) is 43.0 Å². The van der Waals surface area contributed by atoms with E-state index in [0.717, 1.165) is 38.1 Å². The maximum absolute atomic E-state index is 12.8. The van der Waals surface area contributed by atoms with Crippen molar-refractivity contribution in [3.63, 3.8) is 0 Å². The Bertz CT molecular complexity index is 538. The fourth-order valence-electron chi connectivity index (χ4n) is 4.20. The van der Waals surface area contributed by atoms with Gasteiger partial charge in [-0.05, 0) is 30.9 Å². The van der Waals surface area contributed by atoms with E-state index in [2.05, 4.69) is 6.92 Å². The van der Waals surface area contributed by atoms with Gasteiger partial charge in [0, 0.05) is 6.42 Å². The summed E-state index contributed by atoms with van der Waals surface area (Å²) < 4.78 is 5.33. The second-order valence-electron chi connectivity index (χ2n) is 7.12. The van der Waals surface area contributed by atoms with Crippen molar-refractivity contribution >= 4 is 5.91 Å². The van der Waals surface area contributed by atoms with Crippen LogP contribution in [-0.4, -0.2) is 50.1 Å². The molecule has 1 saturated carbocycles. The summed E-state index contributed by atoms with van der Waals surface area (Å²) in [6.07, 6.45) is 5.48.